The zero-order chi connectivity index (χ0) is 5.61. The first-order valence-corrected chi connectivity index (χ1v) is 3.52. The van der Waals surface area contributed by atoms with Crippen molar-refractivity contribution >= 4 is 0 Å². The van der Waals surface area contributed by atoms with Crippen molar-refractivity contribution in [2.75, 3.05) is 0 Å². The third kappa shape index (κ3) is 0.410. The van der Waals surface area contributed by atoms with Gasteiger partial charge in [0.2, 0.25) is 0 Å². The van der Waals surface area contributed by atoms with Crippen LogP contribution in [0.25, 0.3) is 0 Å². The number of hydrogen-bond donors (Lipinski definition) is 0. The van der Waals surface area contributed by atoms with Crippen LogP contribution in [0.3, 0.4) is 0 Å². The van der Waals surface area contributed by atoms with Gasteiger partial charge in [0.25, 0.3) is 0 Å². The zero-order valence-corrected chi connectivity index (χ0v) is 5.24. The molecule has 0 heterocycles. The van der Waals surface area contributed by atoms with E-state index in [9.17, 15) is 0 Å². The predicted molar refractivity (Wildman–Crippen MR) is 34.7 cm³/mol. The van der Waals surface area contributed by atoms with Crippen LogP contribution < -0.4 is 0 Å². The molecule has 0 aromatic rings. The lowest BCUT2D eigenvalue weighted by molar-refractivity contribution is 0.626. The summed E-state index contributed by atoms with van der Waals surface area (Å²) in [6, 6.07) is 0. The molecule has 0 heteroatoms. The van der Waals surface area contributed by atoms with Gasteiger partial charge in [0.1, 0.15) is 0 Å². The van der Waals surface area contributed by atoms with E-state index in [2.05, 4.69) is 6.58 Å². The average molecular weight is 108 g/mol. The molecule has 44 valence electrons. The number of allylic oxidation sites excluding steroid dienone is 1. The van der Waals surface area contributed by atoms with Crippen molar-refractivity contribution in [3.63, 3.8) is 0 Å². The van der Waals surface area contributed by atoms with Crippen molar-refractivity contribution in [2.45, 2.75) is 32.1 Å². The molecule has 0 N–H and O–H groups in total. The molecule has 0 aliphatic heterocycles. The van der Waals surface area contributed by atoms with Gasteiger partial charge in [-0.3, -0.25) is 0 Å². The summed E-state index contributed by atoms with van der Waals surface area (Å²) in [6.45, 7) is 4.07. The van der Waals surface area contributed by atoms with Crippen LogP contribution in [0.5, 0.6) is 0 Å². The highest BCUT2D eigenvalue weighted by Crippen LogP contribution is 2.60. The SMILES string of the molecule is C=C1CCCC12CC2. The van der Waals surface area contributed by atoms with Crippen LogP contribution >= 0.6 is 0 Å². The molecular weight excluding hydrogens is 96.1 g/mol. The second-order valence-corrected chi connectivity index (χ2v) is 3.24. The molecule has 2 saturated carbocycles. The van der Waals surface area contributed by atoms with Gasteiger partial charge >= 0.3 is 0 Å². The van der Waals surface area contributed by atoms with Gasteiger partial charge < -0.3 is 0 Å². The van der Waals surface area contributed by atoms with Crippen LogP contribution in [0.2, 0.25) is 0 Å². The van der Waals surface area contributed by atoms with Crippen LogP contribution in [0.1, 0.15) is 32.1 Å². The minimum Gasteiger partial charge on any atom is -0.0993 e. The van der Waals surface area contributed by atoms with E-state index in [-0.39, 0.29) is 0 Å². The molecule has 0 bridgehead atoms. The monoisotopic (exact) mass is 108 g/mol. The minimum atomic E-state index is 0.708. The molecule has 0 atom stereocenters. The number of hydrogen-bond acceptors (Lipinski definition) is 0. The maximum Gasteiger partial charge on any atom is -0.00900 e. The van der Waals surface area contributed by atoms with Crippen molar-refractivity contribution in [3.8, 4) is 0 Å². The Hall–Kier alpha value is -0.260. The highest BCUT2D eigenvalue weighted by atomic mass is 14.5. The van der Waals surface area contributed by atoms with Crippen LogP contribution in [0.4, 0.5) is 0 Å². The maximum absolute atomic E-state index is 4.07. The average Bonchev–Trinajstić information content (AvgIpc) is 2.39. The van der Waals surface area contributed by atoms with Gasteiger partial charge in [-0.05, 0) is 37.5 Å². The molecule has 8 heavy (non-hydrogen) atoms. The fraction of sp³-hybridized carbons (Fsp3) is 0.750. The molecule has 0 nitrogen and oxygen atoms in total. The Morgan fingerprint density at radius 1 is 1.25 bits per heavy atom. The Bertz CT molecular complexity index is 129. The normalized spacial score (nSPS) is 31.8. The lowest BCUT2D eigenvalue weighted by atomic mass is 10.0. The molecule has 0 unspecified atom stereocenters. The van der Waals surface area contributed by atoms with Gasteiger partial charge in [0.15, 0.2) is 0 Å². The molecule has 2 fully saturated rings. The van der Waals surface area contributed by atoms with Gasteiger partial charge in [-0.25, -0.2) is 0 Å². The van der Waals surface area contributed by atoms with Crippen LogP contribution in [0.15, 0.2) is 12.2 Å². The fourth-order valence-electron chi connectivity index (χ4n) is 1.84. The van der Waals surface area contributed by atoms with Crippen molar-refractivity contribution < 1.29 is 0 Å². The summed E-state index contributed by atoms with van der Waals surface area (Å²) < 4.78 is 0. The van der Waals surface area contributed by atoms with E-state index >= 15 is 0 Å². The van der Waals surface area contributed by atoms with Crippen molar-refractivity contribution in [3.05, 3.63) is 12.2 Å². The molecule has 0 saturated heterocycles. The quantitative estimate of drug-likeness (QED) is 0.418. The summed E-state index contributed by atoms with van der Waals surface area (Å²) in [5.41, 5.74) is 2.26. The van der Waals surface area contributed by atoms with E-state index in [1.165, 1.54) is 32.1 Å². The van der Waals surface area contributed by atoms with Gasteiger partial charge in [-0.2, -0.15) is 0 Å². The summed E-state index contributed by atoms with van der Waals surface area (Å²) in [6.07, 6.45) is 7.09. The van der Waals surface area contributed by atoms with E-state index < -0.39 is 0 Å². The molecule has 0 radical (unpaired) electrons. The van der Waals surface area contributed by atoms with Gasteiger partial charge in [0.05, 0.1) is 0 Å². The van der Waals surface area contributed by atoms with Crippen LogP contribution in [-0.2, 0) is 0 Å². The summed E-state index contributed by atoms with van der Waals surface area (Å²) in [5.74, 6) is 0. The molecule has 0 amide bonds. The third-order valence-electron chi connectivity index (χ3n) is 2.74. The maximum atomic E-state index is 4.07. The Morgan fingerprint density at radius 2 is 2.00 bits per heavy atom. The van der Waals surface area contributed by atoms with E-state index in [4.69, 9.17) is 0 Å². The fourth-order valence-corrected chi connectivity index (χ4v) is 1.84. The van der Waals surface area contributed by atoms with Crippen molar-refractivity contribution in [1.29, 1.82) is 0 Å². The van der Waals surface area contributed by atoms with E-state index in [1.54, 1.807) is 5.57 Å². The summed E-state index contributed by atoms with van der Waals surface area (Å²) >= 11 is 0. The van der Waals surface area contributed by atoms with Gasteiger partial charge in [0, 0.05) is 0 Å². The molecule has 0 aromatic carbocycles. The first-order chi connectivity index (χ1) is 3.83. The summed E-state index contributed by atoms with van der Waals surface area (Å²) in [7, 11) is 0. The van der Waals surface area contributed by atoms with Gasteiger partial charge in [-0.1, -0.05) is 12.2 Å². The van der Waals surface area contributed by atoms with E-state index in [0.717, 1.165) is 0 Å². The molecule has 0 aromatic heterocycles. The van der Waals surface area contributed by atoms with E-state index in [0.29, 0.717) is 5.41 Å². The molecule has 2 aliphatic carbocycles. The third-order valence-corrected chi connectivity index (χ3v) is 2.74. The minimum absolute atomic E-state index is 0.708. The van der Waals surface area contributed by atoms with E-state index in [1.807, 2.05) is 0 Å². The second-order valence-electron chi connectivity index (χ2n) is 3.24. The van der Waals surface area contributed by atoms with Crippen molar-refractivity contribution in [1.82, 2.24) is 0 Å². The highest BCUT2D eigenvalue weighted by molar-refractivity contribution is 5.22. The standard InChI is InChI=1S/C8H12/c1-7-3-2-4-8(7)5-6-8/h1-6H2. The van der Waals surface area contributed by atoms with Crippen molar-refractivity contribution in [2.24, 2.45) is 5.41 Å². The lowest BCUT2D eigenvalue weighted by Crippen LogP contribution is -1.91. The Balaban J connectivity index is 2.23. The Kier molecular flexibility index (Phi) is 0.677. The number of rotatable bonds is 0. The largest absolute Gasteiger partial charge is 0.0993 e. The zero-order valence-electron chi connectivity index (χ0n) is 5.24. The Morgan fingerprint density at radius 3 is 2.25 bits per heavy atom. The predicted octanol–water partition coefficient (Wildman–Crippen LogP) is 2.51. The smallest absolute Gasteiger partial charge is 0.00900 e. The van der Waals surface area contributed by atoms with Crippen LogP contribution in [-0.4, -0.2) is 0 Å². The Labute approximate surface area is 50.6 Å². The second kappa shape index (κ2) is 1.18. The molecule has 1 spiro atoms. The molecule has 2 rings (SSSR count). The van der Waals surface area contributed by atoms with Crippen LogP contribution in [0, 0.1) is 5.41 Å². The summed E-state index contributed by atoms with van der Waals surface area (Å²) in [5, 5.41) is 0. The topological polar surface area (TPSA) is 0 Å². The lowest BCUT2D eigenvalue weighted by Gasteiger charge is -2.03. The molecular formula is C8H12. The molecule has 2 aliphatic rings. The first kappa shape index (κ1) is 4.60. The highest BCUT2D eigenvalue weighted by Gasteiger charge is 2.46. The van der Waals surface area contributed by atoms with Gasteiger partial charge in [-0.15, -0.1) is 0 Å². The first-order valence-electron chi connectivity index (χ1n) is 3.52. The summed E-state index contributed by atoms with van der Waals surface area (Å²) in [4.78, 5) is 0.